The first-order chi connectivity index (χ1) is 9.72. The summed E-state index contributed by atoms with van der Waals surface area (Å²) >= 11 is 0. The summed E-state index contributed by atoms with van der Waals surface area (Å²) in [5.74, 6) is 0.788. The Kier molecular flexibility index (Phi) is 5.68. The van der Waals surface area contributed by atoms with Gasteiger partial charge >= 0.3 is 0 Å². The lowest BCUT2D eigenvalue weighted by molar-refractivity contribution is 0.198. The zero-order chi connectivity index (χ0) is 14.4. The fraction of sp³-hybridized carbons (Fsp3) is 0.625. The maximum absolute atomic E-state index is 9.70. The Labute approximate surface area is 121 Å². The van der Waals surface area contributed by atoms with Crippen LogP contribution in [0.4, 0.5) is 0 Å². The highest BCUT2D eigenvalue weighted by atomic mass is 16.5. The summed E-state index contributed by atoms with van der Waals surface area (Å²) in [7, 11) is 0. The van der Waals surface area contributed by atoms with Crippen molar-refractivity contribution in [2.24, 2.45) is 0 Å². The molecule has 0 amide bonds. The first-order valence-corrected chi connectivity index (χ1v) is 7.63. The Hall–Kier alpha value is -1.26. The first kappa shape index (κ1) is 15.1. The molecule has 2 N–H and O–H groups in total. The molecule has 112 valence electrons. The van der Waals surface area contributed by atoms with Crippen molar-refractivity contribution < 1.29 is 9.84 Å². The lowest BCUT2D eigenvalue weighted by Gasteiger charge is -2.32. The lowest BCUT2D eigenvalue weighted by atomic mass is 10.1. The molecule has 2 rings (SSSR count). The van der Waals surface area contributed by atoms with Gasteiger partial charge in [0.1, 0.15) is 0 Å². The van der Waals surface area contributed by atoms with Crippen molar-refractivity contribution in [3.63, 3.8) is 0 Å². The number of nitrogens with zero attached hydrogens (tertiary/aromatic N) is 1. The zero-order valence-corrected chi connectivity index (χ0v) is 12.6. The summed E-state index contributed by atoms with van der Waals surface area (Å²) in [6.07, 6.45) is 2.51. The molecule has 1 heterocycles. The average Bonchev–Trinajstić information content (AvgIpc) is 2.48. The predicted molar refractivity (Wildman–Crippen MR) is 81.3 cm³/mol. The lowest BCUT2D eigenvalue weighted by Crippen LogP contribution is -2.45. The van der Waals surface area contributed by atoms with Crippen LogP contribution in [0.3, 0.4) is 0 Å². The number of likely N-dealkylation sites (N-methyl/N-ethyl adjacent to an activating group) is 1. The second-order valence-electron chi connectivity index (χ2n) is 5.35. The van der Waals surface area contributed by atoms with Gasteiger partial charge in [0, 0.05) is 19.1 Å². The third kappa shape index (κ3) is 4.12. The molecule has 0 saturated carbocycles. The largest absolute Gasteiger partial charge is 0.504 e. The molecule has 1 fully saturated rings. The monoisotopic (exact) mass is 278 g/mol. The molecule has 20 heavy (non-hydrogen) atoms. The smallest absolute Gasteiger partial charge is 0.161 e. The van der Waals surface area contributed by atoms with E-state index in [1.807, 2.05) is 19.1 Å². The van der Waals surface area contributed by atoms with E-state index in [1.54, 1.807) is 6.07 Å². The van der Waals surface area contributed by atoms with Crippen LogP contribution in [0.15, 0.2) is 18.2 Å². The normalized spacial score (nSPS) is 20.0. The van der Waals surface area contributed by atoms with Crippen molar-refractivity contribution in [3.05, 3.63) is 23.8 Å². The van der Waals surface area contributed by atoms with Crippen LogP contribution in [0.2, 0.25) is 0 Å². The van der Waals surface area contributed by atoms with Crippen molar-refractivity contribution in [3.8, 4) is 11.5 Å². The van der Waals surface area contributed by atoms with Crippen molar-refractivity contribution >= 4 is 0 Å². The van der Waals surface area contributed by atoms with Gasteiger partial charge in [-0.25, -0.2) is 0 Å². The number of piperidine rings is 1. The Bertz CT molecular complexity index is 423. The third-order valence-electron chi connectivity index (χ3n) is 3.87. The number of hydrogen-bond donors (Lipinski definition) is 2. The summed E-state index contributed by atoms with van der Waals surface area (Å²) in [5, 5.41) is 13.3. The van der Waals surface area contributed by atoms with Gasteiger partial charge < -0.3 is 20.1 Å². The van der Waals surface area contributed by atoms with Crippen LogP contribution in [0.25, 0.3) is 0 Å². The Morgan fingerprint density at radius 1 is 1.40 bits per heavy atom. The van der Waals surface area contributed by atoms with Gasteiger partial charge in [-0.05, 0) is 50.6 Å². The van der Waals surface area contributed by atoms with E-state index in [0.717, 1.165) is 25.2 Å². The number of hydrogen-bond acceptors (Lipinski definition) is 4. The van der Waals surface area contributed by atoms with E-state index >= 15 is 0 Å². The molecule has 0 spiro atoms. The van der Waals surface area contributed by atoms with Gasteiger partial charge in [0.25, 0.3) is 0 Å². The molecule has 1 aliphatic rings. The molecule has 0 aliphatic carbocycles. The number of aromatic hydroxyl groups is 1. The number of phenols is 1. The van der Waals surface area contributed by atoms with Gasteiger partial charge in [-0.3, -0.25) is 0 Å². The van der Waals surface area contributed by atoms with Crippen LogP contribution in [-0.4, -0.2) is 42.3 Å². The van der Waals surface area contributed by atoms with Gasteiger partial charge in [0.05, 0.1) is 6.61 Å². The molecule has 4 heteroatoms. The van der Waals surface area contributed by atoms with E-state index in [9.17, 15) is 5.11 Å². The maximum Gasteiger partial charge on any atom is 0.161 e. The first-order valence-electron chi connectivity index (χ1n) is 7.63. The quantitative estimate of drug-likeness (QED) is 0.838. The fourth-order valence-corrected chi connectivity index (χ4v) is 2.71. The van der Waals surface area contributed by atoms with E-state index in [-0.39, 0.29) is 5.75 Å². The molecule has 4 nitrogen and oxygen atoms in total. The van der Waals surface area contributed by atoms with Crippen LogP contribution in [0, 0.1) is 0 Å². The van der Waals surface area contributed by atoms with E-state index in [4.69, 9.17) is 4.74 Å². The Morgan fingerprint density at radius 3 is 3.00 bits per heavy atom. The number of rotatable bonds is 6. The predicted octanol–water partition coefficient (Wildman–Crippen LogP) is 2.36. The van der Waals surface area contributed by atoms with E-state index in [0.29, 0.717) is 18.4 Å². The zero-order valence-electron chi connectivity index (χ0n) is 12.6. The average molecular weight is 278 g/mol. The van der Waals surface area contributed by atoms with Gasteiger partial charge in [0.2, 0.25) is 0 Å². The van der Waals surface area contributed by atoms with Crippen molar-refractivity contribution in [1.29, 1.82) is 0 Å². The summed E-state index contributed by atoms with van der Waals surface area (Å²) in [6, 6.07) is 6.15. The van der Waals surface area contributed by atoms with Crippen molar-refractivity contribution in [2.75, 3.05) is 26.2 Å². The second-order valence-corrected chi connectivity index (χ2v) is 5.35. The molecule has 1 atom stereocenters. The summed E-state index contributed by atoms with van der Waals surface area (Å²) < 4.78 is 5.42. The number of benzene rings is 1. The van der Waals surface area contributed by atoms with Crippen LogP contribution < -0.4 is 10.1 Å². The van der Waals surface area contributed by atoms with Crippen LogP contribution in [0.1, 0.15) is 32.3 Å². The Morgan fingerprint density at radius 2 is 2.25 bits per heavy atom. The molecular formula is C16H26N2O2. The number of phenolic OH excluding ortho intramolecular Hbond substituents is 1. The van der Waals surface area contributed by atoms with Crippen LogP contribution in [0.5, 0.6) is 11.5 Å². The number of likely N-dealkylation sites (tertiary alicyclic amines) is 1. The summed E-state index contributed by atoms with van der Waals surface area (Å²) in [5.41, 5.74) is 1.15. The number of ether oxygens (including phenoxy) is 1. The van der Waals surface area contributed by atoms with Crippen molar-refractivity contribution in [2.45, 2.75) is 39.3 Å². The van der Waals surface area contributed by atoms with Gasteiger partial charge in [0.15, 0.2) is 11.5 Å². The maximum atomic E-state index is 9.70. The second kappa shape index (κ2) is 7.50. The fourth-order valence-electron chi connectivity index (χ4n) is 2.71. The van der Waals surface area contributed by atoms with E-state index in [2.05, 4.69) is 17.1 Å². The molecule has 1 aliphatic heterocycles. The van der Waals surface area contributed by atoms with Gasteiger partial charge in [-0.1, -0.05) is 13.0 Å². The molecule has 1 saturated heterocycles. The minimum atomic E-state index is 0.213. The topological polar surface area (TPSA) is 44.7 Å². The highest BCUT2D eigenvalue weighted by molar-refractivity contribution is 5.41. The molecule has 0 aromatic heterocycles. The van der Waals surface area contributed by atoms with Gasteiger partial charge in [-0.15, -0.1) is 0 Å². The van der Waals surface area contributed by atoms with Gasteiger partial charge in [-0.2, -0.15) is 0 Å². The van der Waals surface area contributed by atoms with Crippen molar-refractivity contribution in [1.82, 2.24) is 10.2 Å². The molecule has 1 aromatic carbocycles. The molecule has 0 radical (unpaired) electrons. The third-order valence-corrected chi connectivity index (χ3v) is 3.87. The molecule has 1 unspecified atom stereocenters. The number of nitrogens with one attached hydrogen (secondary N) is 1. The minimum absolute atomic E-state index is 0.213. The molecule has 1 aromatic rings. The minimum Gasteiger partial charge on any atom is -0.504 e. The molecular weight excluding hydrogens is 252 g/mol. The van der Waals surface area contributed by atoms with Crippen LogP contribution in [-0.2, 0) is 6.54 Å². The van der Waals surface area contributed by atoms with E-state index in [1.165, 1.54) is 19.4 Å². The highest BCUT2D eigenvalue weighted by Crippen LogP contribution is 2.26. The van der Waals surface area contributed by atoms with Crippen LogP contribution >= 0.6 is 0 Å². The summed E-state index contributed by atoms with van der Waals surface area (Å²) in [4.78, 5) is 2.49. The standard InChI is InChI=1S/C16H26N2O2/c1-3-18-9-5-6-14(12-18)17-11-13-7-8-15(19)16(10-13)20-4-2/h7-8,10,14,17,19H,3-6,9,11-12H2,1-2H3. The van der Waals surface area contributed by atoms with E-state index < -0.39 is 0 Å². The Balaban J connectivity index is 1.88. The molecule has 0 bridgehead atoms. The highest BCUT2D eigenvalue weighted by Gasteiger charge is 2.18. The summed E-state index contributed by atoms with van der Waals surface area (Å²) in [6.45, 7) is 9.02. The SMILES string of the molecule is CCOc1cc(CNC2CCCN(CC)C2)ccc1O.